The second kappa shape index (κ2) is 10.8. The number of hydrogen-bond acceptors (Lipinski definition) is 3. The van der Waals surface area contributed by atoms with E-state index in [2.05, 4.69) is 4.98 Å². The summed E-state index contributed by atoms with van der Waals surface area (Å²) in [7, 11) is -4.98. The highest BCUT2D eigenvalue weighted by Gasteiger charge is 2.48. The normalized spacial score (nSPS) is 13.3. The lowest BCUT2D eigenvalue weighted by molar-refractivity contribution is 0.0922. The molecule has 1 aromatic heterocycles. The second-order valence-corrected chi connectivity index (χ2v) is 11.6. The van der Waals surface area contributed by atoms with E-state index < -0.39 is 36.0 Å². The molecule has 0 saturated heterocycles. The summed E-state index contributed by atoms with van der Waals surface area (Å²) in [5.41, 5.74) is -0.458. The predicted molar refractivity (Wildman–Crippen MR) is 148 cm³/mol. The smallest absolute Gasteiger partial charge is 0.321 e. The van der Waals surface area contributed by atoms with Gasteiger partial charge < -0.3 is 9.79 Å². The largest absolute Gasteiger partial charge is 0.355 e. The molecule has 0 fully saturated rings. The molecule has 4 aromatic rings. The van der Waals surface area contributed by atoms with Gasteiger partial charge in [0.15, 0.2) is 5.82 Å². The zero-order valence-corrected chi connectivity index (χ0v) is 22.8. The Morgan fingerprint density at radius 3 is 1.55 bits per heavy atom. The summed E-state index contributed by atoms with van der Waals surface area (Å²) in [5, 5.41) is 4.10. The molecule has 198 valence electrons. The van der Waals surface area contributed by atoms with E-state index in [0.29, 0.717) is 0 Å². The first-order valence-corrected chi connectivity index (χ1v) is 14.2. The van der Waals surface area contributed by atoms with Crippen LogP contribution in [0, 0.1) is 11.8 Å². The fourth-order valence-electron chi connectivity index (χ4n) is 5.24. The van der Waals surface area contributed by atoms with Crippen molar-refractivity contribution in [3.8, 4) is 0 Å². The van der Waals surface area contributed by atoms with E-state index in [1.54, 1.807) is 32.4 Å². The van der Waals surface area contributed by atoms with Gasteiger partial charge in [-0.25, -0.2) is 14.1 Å². The second-order valence-electron chi connectivity index (χ2n) is 10.0. The average molecular weight is 534 g/mol. The van der Waals surface area contributed by atoms with Crippen molar-refractivity contribution in [2.24, 2.45) is 11.8 Å². The first-order valence-electron chi connectivity index (χ1n) is 12.6. The summed E-state index contributed by atoms with van der Waals surface area (Å²) < 4.78 is 30.6. The first kappa shape index (κ1) is 27.6. The van der Waals surface area contributed by atoms with Crippen LogP contribution in [0.15, 0.2) is 103 Å². The number of benzene rings is 3. The van der Waals surface area contributed by atoms with Crippen LogP contribution in [0.25, 0.3) is 6.08 Å². The highest BCUT2D eigenvalue weighted by atomic mass is 31.2. The molecule has 38 heavy (non-hydrogen) atoms. The predicted octanol–water partition coefficient (Wildman–Crippen LogP) is 6.66. The quantitative estimate of drug-likeness (QED) is 0.186. The molecule has 0 aliphatic heterocycles. The Kier molecular flexibility index (Phi) is 7.84. The molecule has 3 aromatic carbocycles. The fraction of sp³-hybridized carbons (Fsp3) is 0.267. The van der Waals surface area contributed by atoms with Gasteiger partial charge in [-0.3, -0.25) is 4.57 Å². The third-order valence-electron chi connectivity index (χ3n) is 7.08. The monoisotopic (exact) mass is 533 g/mol. The van der Waals surface area contributed by atoms with Gasteiger partial charge in [0.2, 0.25) is 0 Å². The van der Waals surface area contributed by atoms with Crippen molar-refractivity contribution >= 4 is 13.7 Å². The molecule has 0 unspecified atom stereocenters. The molecule has 0 bridgehead atoms. The lowest BCUT2D eigenvalue weighted by Crippen LogP contribution is -2.38. The Morgan fingerprint density at radius 1 is 0.816 bits per heavy atom. The van der Waals surface area contributed by atoms with Crippen molar-refractivity contribution in [3.63, 3.8) is 0 Å². The minimum atomic E-state index is -4.98. The number of halogens is 1. The summed E-state index contributed by atoms with van der Waals surface area (Å²) in [6.45, 7) is 6.45. The Balaban J connectivity index is 2.02. The van der Waals surface area contributed by atoms with Crippen LogP contribution in [0.2, 0.25) is 0 Å². The Bertz CT molecular complexity index is 1330. The number of aromatic nitrogens is 3. The lowest BCUT2D eigenvalue weighted by atomic mass is 9.77. The molecule has 0 atom stereocenters. The summed E-state index contributed by atoms with van der Waals surface area (Å²) in [6, 6.07) is 29.5. The van der Waals surface area contributed by atoms with Gasteiger partial charge in [0, 0.05) is 0 Å². The molecule has 6 nitrogen and oxygen atoms in total. The van der Waals surface area contributed by atoms with Crippen molar-refractivity contribution in [2.45, 2.75) is 38.9 Å². The SMILES string of the molecule is CC(C)C(F)(/C(=C/c1ncn(C(c2ccccc2)(c2ccccc2)c2ccccc2)n1)P(=O)(O)O)C(C)C. The minimum absolute atomic E-state index is 0.0128. The number of hydrogen-bond donors (Lipinski definition) is 2. The molecular weight excluding hydrogens is 500 g/mol. The molecule has 8 heteroatoms. The standard InChI is InChI=1S/C30H33FN3O3P/c1-22(2)29(31,23(3)4)27(38(35,36)37)20-28-32-21-34(33-28)30(24-14-8-5-9-15-24,25-16-10-6-11-17-25)26-18-12-7-13-19-26/h5-23H,1-4H3,(H2,35,36,37)/b27-20-. The zero-order valence-electron chi connectivity index (χ0n) is 21.9. The maximum absolute atomic E-state index is 16.3. The van der Waals surface area contributed by atoms with Gasteiger partial charge in [-0.2, -0.15) is 5.10 Å². The zero-order chi connectivity index (χ0) is 27.6. The Hall–Kier alpha value is -3.38. The van der Waals surface area contributed by atoms with Crippen LogP contribution in [0.3, 0.4) is 0 Å². The molecule has 0 aliphatic carbocycles. The van der Waals surface area contributed by atoms with Gasteiger partial charge in [0.1, 0.15) is 17.5 Å². The van der Waals surface area contributed by atoms with Gasteiger partial charge in [-0.1, -0.05) is 119 Å². The number of alkyl halides is 1. The number of rotatable bonds is 9. The van der Waals surface area contributed by atoms with Gasteiger partial charge in [0.05, 0.1) is 5.31 Å². The first-order chi connectivity index (χ1) is 18.0. The van der Waals surface area contributed by atoms with Crippen LogP contribution in [-0.2, 0) is 10.1 Å². The van der Waals surface area contributed by atoms with E-state index in [1.807, 2.05) is 91.0 Å². The number of allylic oxidation sites excluding steroid dienone is 1. The summed E-state index contributed by atoms with van der Waals surface area (Å²) in [5.74, 6) is -1.35. The molecule has 4 rings (SSSR count). The maximum atomic E-state index is 16.3. The topological polar surface area (TPSA) is 88.2 Å². The Labute approximate surface area is 223 Å². The van der Waals surface area contributed by atoms with Crippen LogP contribution in [0.5, 0.6) is 0 Å². The number of nitrogens with zero attached hydrogens (tertiary/aromatic N) is 3. The average Bonchev–Trinajstić information content (AvgIpc) is 3.37. The van der Waals surface area contributed by atoms with Crippen LogP contribution < -0.4 is 0 Å². The Morgan fingerprint density at radius 2 is 1.21 bits per heavy atom. The molecule has 0 aliphatic rings. The van der Waals surface area contributed by atoms with Gasteiger partial charge in [-0.05, 0) is 34.6 Å². The molecule has 0 saturated carbocycles. The summed E-state index contributed by atoms with van der Waals surface area (Å²) >= 11 is 0. The molecule has 0 spiro atoms. The molecular formula is C30H33FN3O3P. The fourth-order valence-corrected chi connectivity index (χ4v) is 6.48. The van der Waals surface area contributed by atoms with Gasteiger partial charge in [0.25, 0.3) is 0 Å². The van der Waals surface area contributed by atoms with E-state index in [4.69, 9.17) is 5.10 Å². The van der Waals surface area contributed by atoms with E-state index in [9.17, 15) is 14.4 Å². The molecule has 2 N–H and O–H groups in total. The van der Waals surface area contributed by atoms with Crippen LogP contribution in [0.1, 0.15) is 50.2 Å². The van der Waals surface area contributed by atoms with Crippen molar-refractivity contribution in [2.75, 3.05) is 0 Å². The molecule has 0 radical (unpaired) electrons. The van der Waals surface area contributed by atoms with E-state index in [0.717, 1.165) is 22.8 Å². The van der Waals surface area contributed by atoms with Gasteiger partial charge >= 0.3 is 7.60 Å². The van der Waals surface area contributed by atoms with E-state index in [1.165, 1.54) is 6.33 Å². The van der Waals surface area contributed by atoms with Crippen molar-refractivity contribution < 1.29 is 18.7 Å². The summed E-state index contributed by atoms with van der Waals surface area (Å²) in [6.07, 6.45) is 2.64. The summed E-state index contributed by atoms with van der Waals surface area (Å²) in [4.78, 5) is 24.8. The third-order valence-corrected chi connectivity index (χ3v) is 8.18. The van der Waals surface area contributed by atoms with Crippen molar-refractivity contribution in [1.82, 2.24) is 14.8 Å². The maximum Gasteiger partial charge on any atom is 0.355 e. The minimum Gasteiger partial charge on any atom is -0.321 e. The van der Waals surface area contributed by atoms with Crippen LogP contribution >= 0.6 is 7.60 Å². The lowest BCUT2D eigenvalue weighted by Gasteiger charge is -2.36. The van der Waals surface area contributed by atoms with E-state index in [-0.39, 0.29) is 5.82 Å². The van der Waals surface area contributed by atoms with Crippen molar-refractivity contribution in [1.29, 1.82) is 0 Å². The van der Waals surface area contributed by atoms with Crippen LogP contribution in [0.4, 0.5) is 4.39 Å². The van der Waals surface area contributed by atoms with E-state index >= 15 is 4.39 Å². The molecule has 1 heterocycles. The molecule has 0 amide bonds. The van der Waals surface area contributed by atoms with Crippen LogP contribution in [-0.4, -0.2) is 30.2 Å². The third kappa shape index (κ3) is 4.90. The highest BCUT2D eigenvalue weighted by molar-refractivity contribution is 7.56. The van der Waals surface area contributed by atoms with Gasteiger partial charge in [-0.15, -0.1) is 0 Å². The highest BCUT2D eigenvalue weighted by Crippen LogP contribution is 2.57. The van der Waals surface area contributed by atoms with Crippen molar-refractivity contribution in [3.05, 3.63) is 125 Å².